The van der Waals surface area contributed by atoms with E-state index in [-0.39, 0.29) is 16.5 Å². The number of hydrogen-bond donors (Lipinski definition) is 0. The zero-order valence-electron chi connectivity index (χ0n) is 5.50. The van der Waals surface area contributed by atoms with Crippen molar-refractivity contribution in [3.05, 3.63) is 29.6 Å². The molecule has 52 valence electrons. The quantitative estimate of drug-likeness (QED) is 0.534. The minimum Gasteiger partial charge on any atom is -0.258 e. The van der Waals surface area contributed by atoms with Crippen molar-refractivity contribution in [3.8, 4) is 0 Å². The maximum absolute atomic E-state index is 4.17. The van der Waals surface area contributed by atoms with Crippen molar-refractivity contribution in [2.75, 3.05) is 0 Å². The van der Waals surface area contributed by atoms with E-state index in [9.17, 15) is 0 Å². The molecule has 0 unspecified atom stereocenters. The van der Waals surface area contributed by atoms with E-state index in [1.165, 1.54) is 0 Å². The van der Waals surface area contributed by atoms with Gasteiger partial charge in [0.2, 0.25) is 0 Å². The van der Waals surface area contributed by atoms with Crippen LogP contribution >= 0.6 is 0 Å². The van der Waals surface area contributed by atoms with E-state index in [4.69, 9.17) is 0 Å². The summed E-state index contributed by atoms with van der Waals surface area (Å²) in [5.41, 5.74) is 2.18. The Morgan fingerprint density at radius 3 is 1.78 bits per heavy atom. The van der Waals surface area contributed by atoms with Crippen molar-refractivity contribution < 1.29 is 16.5 Å². The van der Waals surface area contributed by atoms with E-state index in [0.717, 1.165) is 11.4 Å². The van der Waals surface area contributed by atoms with Gasteiger partial charge in [-0.05, 0) is 26.0 Å². The predicted molar refractivity (Wildman–Crippen MR) is 33.7 cm³/mol. The molecule has 0 atom stereocenters. The molecular formula is C7H9NNi. The Morgan fingerprint density at radius 1 is 1.11 bits per heavy atom. The van der Waals surface area contributed by atoms with Crippen molar-refractivity contribution >= 4 is 0 Å². The van der Waals surface area contributed by atoms with Gasteiger partial charge in [-0.15, -0.1) is 0 Å². The second-order valence-electron chi connectivity index (χ2n) is 1.92. The molecule has 0 spiro atoms. The van der Waals surface area contributed by atoms with Gasteiger partial charge in [0, 0.05) is 27.9 Å². The summed E-state index contributed by atoms with van der Waals surface area (Å²) in [6.45, 7) is 3.99. The standard InChI is InChI=1S/C7H9N.Ni/c1-6-4-3-5-7(2)8-6;/h3-5H,1-2H3;. The minimum absolute atomic E-state index is 0. The Hall–Kier alpha value is -0.356. The summed E-state index contributed by atoms with van der Waals surface area (Å²) >= 11 is 0. The summed E-state index contributed by atoms with van der Waals surface area (Å²) in [7, 11) is 0. The molecule has 0 aliphatic rings. The topological polar surface area (TPSA) is 12.9 Å². The van der Waals surface area contributed by atoms with E-state index in [1.54, 1.807) is 0 Å². The molecule has 1 heterocycles. The molecule has 0 fully saturated rings. The summed E-state index contributed by atoms with van der Waals surface area (Å²) in [4.78, 5) is 4.17. The Kier molecular flexibility index (Phi) is 3.48. The fourth-order valence-corrected chi connectivity index (χ4v) is 0.679. The first-order chi connectivity index (χ1) is 3.79. The SMILES string of the molecule is Cc1cccc(C)n1.[Ni]. The molecule has 0 saturated carbocycles. The van der Waals surface area contributed by atoms with Crippen LogP contribution in [0.1, 0.15) is 11.4 Å². The molecule has 1 aromatic rings. The van der Waals surface area contributed by atoms with Crippen LogP contribution in [0, 0.1) is 13.8 Å². The summed E-state index contributed by atoms with van der Waals surface area (Å²) in [5, 5.41) is 0. The Balaban J connectivity index is 0.000000640. The molecule has 0 aliphatic carbocycles. The molecule has 0 saturated heterocycles. The van der Waals surface area contributed by atoms with E-state index in [0.29, 0.717) is 0 Å². The van der Waals surface area contributed by atoms with Crippen molar-refractivity contribution in [1.29, 1.82) is 0 Å². The third-order valence-corrected chi connectivity index (χ3v) is 1.03. The third kappa shape index (κ3) is 2.62. The Bertz CT molecular complexity index is 169. The van der Waals surface area contributed by atoms with Crippen LogP contribution in [0.15, 0.2) is 18.2 Å². The Labute approximate surface area is 65.4 Å². The van der Waals surface area contributed by atoms with Crippen LogP contribution in [-0.2, 0) is 16.5 Å². The number of hydrogen-bond acceptors (Lipinski definition) is 1. The summed E-state index contributed by atoms with van der Waals surface area (Å²) in [5.74, 6) is 0. The molecule has 0 aliphatic heterocycles. The Morgan fingerprint density at radius 2 is 1.56 bits per heavy atom. The molecule has 0 aromatic carbocycles. The normalized spacial score (nSPS) is 8.22. The zero-order valence-corrected chi connectivity index (χ0v) is 6.48. The second-order valence-corrected chi connectivity index (χ2v) is 1.92. The molecule has 1 nitrogen and oxygen atoms in total. The molecule has 9 heavy (non-hydrogen) atoms. The number of aryl methyl sites for hydroxylation is 2. The van der Waals surface area contributed by atoms with Crippen LogP contribution in [0.25, 0.3) is 0 Å². The van der Waals surface area contributed by atoms with E-state index >= 15 is 0 Å². The van der Waals surface area contributed by atoms with Crippen LogP contribution in [-0.4, -0.2) is 4.98 Å². The first-order valence-electron chi connectivity index (χ1n) is 2.69. The van der Waals surface area contributed by atoms with Gasteiger partial charge >= 0.3 is 0 Å². The molecule has 1 aromatic heterocycles. The van der Waals surface area contributed by atoms with E-state index in [2.05, 4.69) is 4.98 Å². The minimum atomic E-state index is 0. The van der Waals surface area contributed by atoms with Crippen molar-refractivity contribution in [2.24, 2.45) is 0 Å². The first kappa shape index (κ1) is 8.64. The molecule has 2 heteroatoms. The molecule has 0 radical (unpaired) electrons. The molecular weight excluding hydrogens is 157 g/mol. The number of nitrogens with zero attached hydrogens (tertiary/aromatic N) is 1. The number of pyridine rings is 1. The molecule has 0 N–H and O–H groups in total. The fraction of sp³-hybridized carbons (Fsp3) is 0.286. The van der Waals surface area contributed by atoms with Crippen LogP contribution in [0.4, 0.5) is 0 Å². The average Bonchev–Trinajstić information content (AvgIpc) is 1.64. The first-order valence-corrected chi connectivity index (χ1v) is 2.69. The largest absolute Gasteiger partial charge is 0.258 e. The van der Waals surface area contributed by atoms with Crippen molar-refractivity contribution in [1.82, 2.24) is 4.98 Å². The maximum atomic E-state index is 4.17. The van der Waals surface area contributed by atoms with Crippen LogP contribution in [0.2, 0.25) is 0 Å². The summed E-state index contributed by atoms with van der Waals surface area (Å²) in [6, 6.07) is 6.00. The number of aromatic nitrogens is 1. The van der Waals surface area contributed by atoms with Crippen molar-refractivity contribution in [2.45, 2.75) is 13.8 Å². The van der Waals surface area contributed by atoms with Gasteiger partial charge in [-0.2, -0.15) is 0 Å². The smallest absolute Gasteiger partial charge is 0.0375 e. The van der Waals surface area contributed by atoms with Gasteiger partial charge in [-0.3, -0.25) is 4.98 Å². The van der Waals surface area contributed by atoms with Gasteiger partial charge in [0.05, 0.1) is 0 Å². The maximum Gasteiger partial charge on any atom is 0.0375 e. The van der Waals surface area contributed by atoms with Gasteiger partial charge < -0.3 is 0 Å². The van der Waals surface area contributed by atoms with Gasteiger partial charge in [-0.1, -0.05) is 6.07 Å². The third-order valence-electron chi connectivity index (χ3n) is 1.03. The average molecular weight is 166 g/mol. The monoisotopic (exact) mass is 165 g/mol. The summed E-state index contributed by atoms with van der Waals surface area (Å²) in [6.07, 6.45) is 0. The van der Waals surface area contributed by atoms with Crippen LogP contribution in [0.3, 0.4) is 0 Å². The summed E-state index contributed by atoms with van der Waals surface area (Å²) < 4.78 is 0. The van der Waals surface area contributed by atoms with Gasteiger partial charge in [0.15, 0.2) is 0 Å². The second kappa shape index (κ2) is 3.63. The molecule has 1 rings (SSSR count). The molecule has 0 bridgehead atoms. The van der Waals surface area contributed by atoms with E-state index in [1.807, 2.05) is 32.0 Å². The van der Waals surface area contributed by atoms with Gasteiger partial charge in [0.25, 0.3) is 0 Å². The predicted octanol–water partition coefficient (Wildman–Crippen LogP) is 1.70. The zero-order chi connectivity index (χ0) is 5.98. The van der Waals surface area contributed by atoms with Crippen LogP contribution in [0.5, 0.6) is 0 Å². The fourth-order valence-electron chi connectivity index (χ4n) is 0.679. The van der Waals surface area contributed by atoms with Crippen molar-refractivity contribution in [3.63, 3.8) is 0 Å². The van der Waals surface area contributed by atoms with Gasteiger partial charge in [-0.25, -0.2) is 0 Å². The van der Waals surface area contributed by atoms with Gasteiger partial charge in [0.1, 0.15) is 0 Å². The van der Waals surface area contributed by atoms with Crippen LogP contribution < -0.4 is 0 Å². The van der Waals surface area contributed by atoms with E-state index < -0.39 is 0 Å². The number of rotatable bonds is 0. The molecule has 0 amide bonds.